The van der Waals surface area contributed by atoms with Crippen LogP contribution in [0.1, 0.15) is 0 Å². The van der Waals surface area contributed by atoms with Crippen molar-refractivity contribution in [1.82, 2.24) is 14.1 Å². The van der Waals surface area contributed by atoms with Crippen molar-refractivity contribution in [1.29, 1.82) is 0 Å². The van der Waals surface area contributed by atoms with Gasteiger partial charge in [-0.15, -0.1) is 0 Å². The summed E-state index contributed by atoms with van der Waals surface area (Å²) in [4.78, 5) is 29.8. The Kier molecular flexibility index (Phi) is 4.31. The van der Waals surface area contributed by atoms with E-state index in [2.05, 4.69) is 4.98 Å². The monoisotopic (exact) mass is 404 g/mol. The van der Waals surface area contributed by atoms with Crippen molar-refractivity contribution in [3.63, 3.8) is 0 Å². The topological polar surface area (TPSA) is 69.4 Å². The van der Waals surface area contributed by atoms with Crippen LogP contribution in [-0.4, -0.2) is 32.9 Å². The molecule has 0 bridgehead atoms. The van der Waals surface area contributed by atoms with Gasteiger partial charge in [0, 0.05) is 36.2 Å². The lowest BCUT2D eigenvalue weighted by Gasteiger charge is -2.15. The van der Waals surface area contributed by atoms with Gasteiger partial charge < -0.3 is 13.9 Å². The molecule has 0 unspecified atom stereocenters. The van der Waals surface area contributed by atoms with Gasteiger partial charge in [-0.2, -0.15) is 0 Å². The van der Waals surface area contributed by atoms with E-state index in [0.717, 1.165) is 10.9 Å². The zero-order valence-electron chi connectivity index (χ0n) is 15.8. The van der Waals surface area contributed by atoms with Crippen LogP contribution in [-0.2, 0) is 11.3 Å². The molecule has 5 rings (SSSR count). The van der Waals surface area contributed by atoms with Gasteiger partial charge in [0.2, 0.25) is 0 Å². The smallest absolute Gasteiger partial charge is 0.414 e. The molecule has 30 heavy (non-hydrogen) atoms. The fourth-order valence-corrected chi connectivity index (χ4v) is 3.64. The number of benzene rings is 1. The van der Waals surface area contributed by atoms with E-state index in [0.29, 0.717) is 11.4 Å². The second-order valence-corrected chi connectivity index (χ2v) is 7.09. The lowest BCUT2D eigenvalue weighted by atomic mass is 10.2. The quantitative estimate of drug-likeness (QED) is 0.523. The van der Waals surface area contributed by atoms with Crippen molar-refractivity contribution in [3.8, 4) is 5.69 Å². The first kappa shape index (κ1) is 18.1. The first-order chi connectivity index (χ1) is 14.6. The summed E-state index contributed by atoms with van der Waals surface area (Å²) < 4.78 is 23.4. The van der Waals surface area contributed by atoms with E-state index < -0.39 is 18.0 Å². The van der Waals surface area contributed by atoms with Gasteiger partial charge in [0.1, 0.15) is 11.9 Å². The summed E-state index contributed by atoms with van der Waals surface area (Å²) in [6.07, 6.45) is 5.82. The van der Waals surface area contributed by atoms with Crippen LogP contribution in [0.25, 0.3) is 16.6 Å². The maximum atomic E-state index is 14.9. The van der Waals surface area contributed by atoms with E-state index in [4.69, 9.17) is 4.74 Å². The average molecular weight is 404 g/mol. The third-order valence-electron chi connectivity index (χ3n) is 5.11. The number of halogens is 1. The number of pyridine rings is 2. The molecule has 0 saturated carbocycles. The van der Waals surface area contributed by atoms with Crippen LogP contribution in [0, 0.1) is 5.82 Å². The zero-order valence-corrected chi connectivity index (χ0v) is 15.8. The largest absolute Gasteiger partial charge is 0.442 e. The molecular weight excluding hydrogens is 387 g/mol. The summed E-state index contributed by atoms with van der Waals surface area (Å²) in [7, 11) is 0. The Labute approximate surface area is 170 Å². The van der Waals surface area contributed by atoms with Crippen LogP contribution in [0.4, 0.5) is 14.9 Å². The van der Waals surface area contributed by atoms with E-state index >= 15 is 0 Å². The van der Waals surface area contributed by atoms with E-state index in [1.807, 2.05) is 12.1 Å². The van der Waals surface area contributed by atoms with Crippen molar-refractivity contribution in [2.75, 3.05) is 11.4 Å². The van der Waals surface area contributed by atoms with Crippen LogP contribution >= 0.6 is 0 Å². The summed E-state index contributed by atoms with van der Waals surface area (Å²) in [6, 6.07) is 13.2. The maximum absolute atomic E-state index is 14.9. The standard InChI is InChI=1S/C22H17FN4O3/c23-18-10-16(6-7-20(18)26-11-15-4-3-8-24-19(15)14-26)27-13-17(30-22(27)29)12-25-9-2-1-5-21(25)28/h1-11,14,17H,12-13H2/t17-/m0/s1. The van der Waals surface area contributed by atoms with Gasteiger partial charge in [0.05, 0.1) is 30.0 Å². The normalized spacial score (nSPS) is 16.2. The summed E-state index contributed by atoms with van der Waals surface area (Å²) >= 11 is 0. The molecule has 1 aliphatic rings. The Balaban J connectivity index is 1.38. The van der Waals surface area contributed by atoms with Crippen molar-refractivity contribution in [2.45, 2.75) is 12.6 Å². The lowest BCUT2D eigenvalue weighted by Crippen LogP contribution is -2.29. The molecule has 1 saturated heterocycles. The number of hydrogen-bond acceptors (Lipinski definition) is 4. The summed E-state index contributed by atoms with van der Waals surface area (Å²) in [6.45, 7) is 0.474. The molecule has 1 fully saturated rings. The third-order valence-corrected chi connectivity index (χ3v) is 5.11. The maximum Gasteiger partial charge on any atom is 0.414 e. The molecule has 1 atom stereocenters. The Hall–Kier alpha value is -3.94. The second-order valence-electron chi connectivity index (χ2n) is 7.09. The molecule has 8 heteroatoms. The first-order valence-electron chi connectivity index (χ1n) is 9.45. The molecule has 7 nitrogen and oxygen atoms in total. The average Bonchev–Trinajstić information content (AvgIpc) is 3.32. The molecule has 1 aliphatic heterocycles. The molecule has 3 aromatic heterocycles. The van der Waals surface area contributed by atoms with E-state index in [1.54, 1.807) is 53.6 Å². The fourth-order valence-electron chi connectivity index (χ4n) is 3.64. The number of cyclic esters (lactones) is 1. The Bertz CT molecular complexity index is 1280. The highest BCUT2D eigenvalue weighted by Crippen LogP contribution is 2.27. The Morgan fingerprint density at radius 2 is 2.00 bits per heavy atom. The molecule has 0 radical (unpaired) electrons. The molecule has 150 valence electrons. The van der Waals surface area contributed by atoms with Gasteiger partial charge in [0.25, 0.3) is 5.56 Å². The van der Waals surface area contributed by atoms with Gasteiger partial charge in [-0.05, 0) is 36.4 Å². The number of nitrogens with zero attached hydrogens (tertiary/aromatic N) is 4. The van der Waals surface area contributed by atoms with Crippen LogP contribution in [0.2, 0.25) is 0 Å². The van der Waals surface area contributed by atoms with Gasteiger partial charge in [-0.1, -0.05) is 6.07 Å². The fraction of sp³-hybridized carbons (Fsp3) is 0.136. The Morgan fingerprint density at radius 1 is 1.10 bits per heavy atom. The molecule has 0 aliphatic carbocycles. The highest BCUT2D eigenvalue weighted by molar-refractivity contribution is 5.90. The number of anilines is 1. The second kappa shape index (κ2) is 7.14. The lowest BCUT2D eigenvalue weighted by molar-refractivity contribution is 0.131. The predicted molar refractivity (Wildman–Crippen MR) is 109 cm³/mol. The van der Waals surface area contributed by atoms with E-state index in [1.165, 1.54) is 21.6 Å². The number of fused-ring (bicyclic) bond motifs is 1. The number of carbonyl (C=O) groups is 1. The minimum Gasteiger partial charge on any atom is -0.442 e. The number of rotatable bonds is 4. The molecule has 0 N–H and O–H groups in total. The highest BCUT2D eigenvalue weighted by Gasteiger charge is 2.33. The molecule has 4 heterocycles. The van der Waals surface area contributed by atoms with E-state index in [9.17, 15) is 14.0 Å². The minimum absolute atomic E-state index is 0.170. The number of carbonyl (C=O) groups excluding carboxylic acids is 1. The van der Waals surface area contributed by atoms with Gasteiger partial charge in [0.15, 0.2) is 0 Å². The summed E-state index contributed by atoms with van der Waals surface area (Å²) in [5.74, 6) is -0.469. The highest BCUT2D eigenvalue weighted by atomic mass is 19.1. The predicted octanol–water partition coefficient (Wildman–Crippen LogP) is 3.35. The number of aromatic nitrogens is 3. The van der Waals surface area contributed by atoms with Crippen molar-refractivity contribution < 1.29 is 13.9 Å². The third kappa shape index (κ3) is 3.22. The molecule has 0 spiro atoms. The van der Waals surface area contributed by atoms with Crippen LogP contribution in [0.5, 0.6) is 0 Å². The van der Waals surface area contributed by atoms with Gasteiger partial charge >= 0.3 is 6.09 Å². The number of amides is 1. The molecule has 1 amide bonds. The molecule has 1 aromatic carbocycles. The number of hydrogen-bond donors (Lipinski definition) is 0. The van der Waals surface area contributed by atoms with Crippen LogP contribution in [0.15, 0.2) is 78.1 Å². The van der Waals surface area contributed by atoms with Gasteiger partial charge in [-0.25, -0.2) is 9.18 Å². The van der Waals surface area contributed by atoms with Crippen molar-refractivity contribution in [3.05, 3.63) is 89.5 Å². The van der Waals surface area contributed by atoms with Gasteiger partial charge in [-0.3, -0.25) is 14.7 Å². The van der Waals surface area contributed by atoms with Crippen molar-refractivity contribution in [2.24, 2.45) is 0 Å². The zero-order chi connectivity index (χ0) is 20.7. The Morgan fingerprint density at radius 3 is 2.80 bits per heavy atom. The SMILES string of the molecule is O=C1O[C@@H](Cn2ccccc2=O)CN1c1ccc(-n2cc3cccnc3c2)c(F)c1. The molecular formula is C22H17FN4O3. The summed E-state index contributed by atoms with van der Waals surface area (Å²) in [5.41, 5.74) is 1.36. The number of ether oxygens (including phenoxy) is 1. The van der Waals surface area contributed by atoms with E-state index in [-0.39, 0.29) is 18.6 Å². The summed E-state index contributed by atoms with van der Waals surface area (Å²) in [5, 5.41) is 0.906. The molecule has 4 aromatic rings. The van der Waals surface area contributed by atoms with Crippen LogP contribution < -0.4 is 10.5 Å². The first-order valence-corrected chi connectivity index (χ1v) is 9.45. The van der Waals surface area contributed by atoms with Crippen molar-refractivity contribution >= 4 is 22.7 Å². The minimum atomic E-state index is -0.563. The van der Waals surface area contributed by atoms with Crippen LogP contribution in [0.3, 0.4) is 0 Å².